The van der Waals surface area contributed by atoms with E-state index in [0.29, 0.717) is 17.1 Å². The second-order valence-corrected chi connectivity index (χ2v) is 4.84. The largest absolute Gasteiger partial charge is 0.493 e. The summed E-state index contributed by atoms with van der Waals surface area (Å²) in [5, 5.41) is 8.80. The molecule has 2 aromatic carbocycles. The highest BCUT2D eigenvalue weighted by Crippen LogP contribution is 2.35. The Balaban J connectivity index is 2.19. The van der Waals surface area contributed by atoms with Gasteiger partial charge in [-0.05, 0) is 45.8 Å². The summed E-state index contributed by atoms with van der Waals surface area (Å²) in [5.41, 5.74) is 0.714. The van der Waals surface area contributed by atoms with Gasteiger partial charge < -0.3 is 9.47 Å². The molecule has 0 amide bonds. The van der Waals surface area contributed by atoms with Gasteiger partial charge in [0, 0.05) is 0 Å². The average Bonchev–Trinajstić information content (AvgIpc) is 2.47. The normalized spacial score (nSPS) is 9.90. The predicted molar refractivity (Wildman–Crippen MR) is 76.1 cm³/mol. The van der Waals surface area contributed by atoms with Crippen LogP contribution in [0.5, 0.6) is 11.5 Å². The summed E-state index contributed by atoms with van der Waals surface area (Å²) in [7, 11) is 1.56. The van der Waals surface area contributed by atoms with Crippen molar-refractivity contribution in [3.63, 3.8) is 0 Å². The summed E-state index contributed by atoms with van der Waals surface area (Å²) in [6.45, 7) is 0.216. The Labute approximate surface area is 124 Å². The van der Waals surface area contributed by atoms with Gasteiger partial charge in [-0.3, -0.25) is 0 Å². The van der Waals surface area contributed by atoms with Gasteiger partial charge in [0.05, 0.1) is 17.1 Å². The molecule has 0 bridgehead atoms. The monoisotopic (exact) mass is 335 g/mol. The van der Waals surface area contributed by atoms with E-state index in [1.54, 1.807) is 25.3 Å². The lowest BCUT2D eigenvalue weighted by Crippen LogP contribution is -1.99. The van der Waals surface area contributed by atoms with Crippen molar-refractivity contribution < 1.29 is 13.9 Å². The van der Waals surface area contributed by atoms with Crippen molar-refractivity contribution in [2.24, 2.45) is 0 Å². The molecule has 2 aromatic rings. The summed E-state index contributed by atoms with van der Waals surface area (Å²) in [5.74, 6) is 0.634. The highest BCUT2D eigenvalue weighted by atomic mass is 79.9. The van der Waals surface area contributed by atoms with Crippen LogP contribution in [0.25, 0.3) is 0 Å². The van der Waals surface area contributed by atoms with Gasteiger partial charge in [0.25, 0.3) is 0 Å². The van der Waals surface area contributed by atoms with Crippen LogP contribution in [0.2, 0.25) is 0 Å². The number of nitriles is 1. The Hall–Kier alpha value is -2.06. The first kappa shape index (κ1) is 14.4. The number of hydrogen-bond donors (Lipinski definition) is 0. The van der Waals surface area contributed by atoms with Crippen molar-refractivity contribution in [2.75, 3.05) is 7.11 Å². The van der Waals surface area contributed by atoms with Crippen LogP contribution in [0, 0.1) is 17.1 Å². The Morgan fingerprint density at radius 2 is 2.10 bits per heavy atom. The molecule has 0 fully saturated rings. The molecule has 20 heavy (non-hydrogen) atoms. The van der Waals surface area contributed by atoms with Crippen molar-refractivity contribution in [1.29, 1.82) is 5.26 Å². The molecular weight excluding hydrogens is 325 g/mol. The van der Waals surface area contributed by atoms with Gasteiger partial charge in [-0.15, -0.1) is 0 Å². The third-order valence-corrected chi connectivity index (χ3v) is 3.31. The number of methoxy groups -OCH3 is 1. The molecule has 0 unspecified atom stereocenters. The number of ether oxygens (including phenoxy) is 2. The maximum absolute atomic E-state index is 13.2. The molecule has 0 saturated carbocycles. The number of para-hydroxylation sites is 1. The third kappa shape index (κ3) is 3.09. The van der Waals surface area contributed by atoms with Crippen molar-refractivity contribution in [3.8, 4) is 17.6 Å². The summed E-state index contributed by atoms with van der Waals surface area (Å²) in [4.78, 5) is 0. The molecule has 0 aromatic heterocycles. The Morgan fingerprint density at radius 3 is 2.80 bits per heavy atom. The molecule has 0 spiro atoms. The van der Waals surface area contributed by atoms with Crippen LogP contribution in [0.3, 0.4) is 0 Å². The fraction of sp³-hybridized carbons (Fsp3) is 0.133. The topological polar surface area (TPSA) is 42.2 Å². The lowest BCUT2D eigenvalue weighted by molar-refractivity contribution is 0.282. The number of nitrogens with zero attached hydrogens (tertiary/aromatic N) is 1. The quantitative estimate of drug-likeness (QED) is 0.846. The summed E-state index contributed by atoms with van der Waals surface area (Å²) in [6, 6.07) is 11.6. The fourth-order valence-corrected chi connectivity index (χ4v) is 2.16. The molecule has 0 atom stereocenters. The lowest BCUT2D eigenvalue weighted by atomic mass is 10.1. The zero-order valence-electron chi connectivity index (χ0n) is 10.7. The van der Waals surface area contributed by atoms with Crippen molar-refractivity contribution in [3.05, 3.63) is 57.8 Å². The van der Waals surface area contributed by atoms with Crippen LogP contribution in [0.15, 0.2) is 40.9 Å². The van der Waals surface area contributed by atoms with E-state index in [4.69, 9.17) is 14.7 Å². The molecule has 2 rings (SSSR count). The van der Waals surface area contributed by atoms with Crippen LogP contribution >= 0.6 is 15.9 Å². The van der Waals surface area contributed by atoms with Crippen LogP contribution in [0.1, 0.15) is 11.1 Å². The van der Waals surface area contributed by atoms with Gasteiger partial charge in [0.15, 0.2) is 11.5 Å². The summed E-state index contributed by atoms with van der Waals surface area (Å²) >= 11 is 3.38. The molecule has 0 N–H and O–H groups in total. The van der Waals surface area contributed by atoms with Gasteiger partial charge >= 0.3 is 0 Å². The molecule has 5 heteroatoms. The highest BCUT2D eigenvalue weighted by Gasteiger charge is 2.09. The Morgan fingerprint density at radius 1 is 1.30 bits per heavy atom. The highest BCUT2D eigenvalue weighted by molar-refractivity contribution is 9.10. The number of halogens is 2. The molecular formula is C15H11BrFNO2. The molecule has 0 aliphatic rings. The van der Waals surface area contributed by atoms with Crippen LogP contribution in [-0.2, 0) is 6.61 Å². The number of rotatable bonds is 4. The zero-order chi connectivity index (χ0) is 14.5. The van der Waals surface area contributed by atoms with Gasteiger partial charge in [0.2, 0.25) is 0 Å². The zero-order valence-corrected chi connectivity index (χ0v) is 12.3. The van der Waals surface area contributed by atoms with E-state index >= 15 is 0 Å². The van der Waals surface area contributed by atoms with Gasteiger partial charge in [-0.2, -0.15) is 5.26 Å². The summed E-state index contributed by atoms with van der Waals surface area (Å²) < 4.78 is 24.9. The smallest absolute Gasteiger partial charge is 0.175 e. The van der Waals surface area contributed by atoms with Crippen LogP contribution in [-0.4, -0.2) is 7.11 Å². The first-order chi connectivity index (χ1) is 9.65. The maximum Gasteiger partial charge on any atom is 0.175 e. The molecule has 3 nitrogen and oxygen atoms in total. The van der Waals surface area contributed by atoms with E-state index in [1.807, 2.05) is 12.1 Å². The molecule has 0 aliphatic heterocycles. The fourth-order valence-electron chi connectivity index (χ4n) is 1.69. The Bertz CT molecular complexity index is 667. The second-order valence-electron chi connectivity index (χ2n) is 3.99. The van der Waals surface area contributed by atoms with Gasteiger partial charge in [-0.25, -0.2) is 4.39 Å². The maximum atomic E-state index is 13.2. The average molecular weight is 336 g/mol. The van der Waals surface area contributed by atoms with Crippen LogP contribution < -0.4 is 9.47 Å². The molecule has 0 saturated heterocycles. The molecule has 0 radical (unpaired) electrons. The minimum atomic E-state index is -0.533. The predicted octanol–water partition coefficient (Wildman–Crippen LogP) is 4.05. The first-order valence-corrected chi connectivity index (χ1v) is 6.59. The lowest BCUT2D eigenvalue weighted by Gasteiger charge is -2.12. The number of benzene rings is 2. The Kier molecular flexibility index (Phi) is 4.59. The third-order valence-electron chi connectivity index (χ3n) is 2.69. The molecule has 0 heterocycles. The summed E-state index contributed by atoms with van der Waals surface area (Å²) in [6.07, 6.45) is 0. The number of hydrogen-bond acceptors (Lipinski definition) is 3. The molecule has 0 aliphatic carbocycles. The van der Waals surface area contributed by atoms with Crippen LogP contribution in [0.4, 0.5) is 4.39 Å². The van der Waals surface area contributed by atoms with Gasteiger partial charge in [-0.1, -0.05) is 12.1 Å². The standard InChI is InChI=1S/C15H11BrFNO2/c1-19-14-4-2-3-12(16)15(14)20-9-10-5-6-13(17)11(7-10)8-18/h2-7H,9H2,1H3. The van der Waals surface area contributed by atoms with E-state index < -0.39 is 5.82 Å². The van der Waals surface area contributed by atoms with E-state index in [-0.39, 0.29) is 12.2 Å². The molecule has 102 valence electrons. The van der Waals surface area contributed by atoms with E-state index in [1.165, 1.54) is 12.1 Å². The van der Waals surface area contributed by atoms with E-state index in [0.717, 1.165) is 4.47 Å². The van der Waals surface area contributed by atoms with Crippen molar-refractivity contribution >= 4 is 15.9 Å². The van der Waals surface area contributed by atoms with Crippen molar-refractivity contribution in [2.45, 2.75) is 6.61 Å². The van der Waals surface area contributed by atoms with Crippen molar-refractivity contribution in [1.82, 2.24) is 0 Å². The van der Waals surface area contributed by atoms with E-state index in [9.17, 15) is 4.39 Å². The van der Waals surface area contributed by atoms with Gasteiger partial charge in [0.1, 0.15) is 18.5 Å². The minimum Gasteiger partial charge on any atom is -0.493 e. The van der Waals surface area contributed by atoms with E-state index in [2.05, 4.69) is 15.9 Å². The SMILES string of the molecule is COc1cccc(Br)c1OCc1ccc(F)c(C#N)c1. The second kappa shape index (κ2) is 6.40. The minimum absolute atomic E-state index is 0.00481. The first-order valence-electron chi connectivity index (χ1n) is 5.79.